The van der Waals surface area contributed by atoms with Crippen molar-refractivity contribution in [1.29, 1.82) is 0 Å². The SMILES string of the molecule is Cc1cc(NC(=O)C(=O)N(C)Cc2ccc(Cl)nc2)no1. The summed E-state index contributed by atoms with van der Waals surface area (Å²) in [5.41, 5.74) is 0.764. The molecule has 0 unspecified atom stereocenters. The third-order valence-electron chi connectivity index (χ3n) is 2.62. The van der Waals surface area contributed by atoms with Crippen LogP contribution in [0.4, 0.5) is 5.82 Å². The third kappa shape index (κ3) is 4.03. The Morgan fingerprint density at radius 2 is 2.19 bits per heavy atom. The van der Waals surface area contributed by atoms with Gasteiger partial charge in [-0.15, -0.1) is 0 Å². The molecular formula is C13H13ClN4O3. The average molecular weight is 309 g/mol. The van der Waals surface area contributed by atoms with Gasteiger partial charge in [-0.05, 0) is 18.6 Å². The summed E-state index contributed by atoms with van der Waals surface area (Å²) in [5, 5.41) is 6.32. The normalized spacial score (nSPS) is 10.2. The molecule has 0 aliphatic rings. The van der Waals surface area contributed by atoms with Gasteiger partial charge in [-0.2, -0.15) is 0 Å². The van der Waals surface area contributed by atoms with Crippen molar-refractivity contribution in [2.75, 3.05) is 12.4 Å². The molecule has 7 nitrogen and oxygen atoms in total. The second-order valence-electron chi connectivity index (χ2n) is 4.43. The highest BCUT2D eigenvalue weighted by Crippen LogP contribution is 2.09. The van der Waals surface area contributed by atoms with Gasteiger partial charge in [0.05, 0.1) is 0 Å². The summed E-state index contributed by atoms with van der Waals surface area (Å²) >= 11 is 5.68. The number of pyridine rings is 1. The molecular weight excluding hydrogens is 296 g/mol. The zero-order valence-electron chi connectivity index (χ0n) is 11.5. The molecule has 0 aliphatic heterocycles. The van der Waals surface area contributed by atoms with Crippen LogP contribution in [0.25, 0.3) is 0 Å². The van der Waals surface area contributed by atoms with Crippen LogP contribution in [0.3, 0.4) is 0 Å². The molecule has 0 atom stereocenters. The minimum absolute atomic E-state index is 0.201. The number of halogens is 1. The predicted molar refractivity (Wildman–Crippen MR) is 75.6 cm³/mol. The number of nitrogens with zero attached hydrogens (tertiary/aromatic N) is 3. The van der Waals surface area contributed by atoms with Crippen molar-refractivity contribution in [3.63, 3.8) is 0 Å². The van der Waals surface area contributed by atoms with Gasteiger partial charge in [-0.1, -0.05) is 22.8 Å². The first-order valence-corrected chi connectivity index (χ1v) is 6.43. The molecule has 2 heterocycles. The molecule has 2 aromatic rings. The first kappa shape index (κ1) is 15.0. The summed E-state index contributed by atoms with van der Waals surface area (Å²) < 4.78 is 4.80. The number of anilines is 1. The van der Waals surface area contributed by atoms with Crippen LogP contribution >= 0.6 is 11.6 Å². The van der Waals surface area contributed by atoms with E-state index in [9.17, 15) is 9.59 Å². The van der Waals surface area contributed by atoms with E-state index in [1.54, 1.807) is 25.3 Å². The fourth-order valence-electron chi connectivity index (χ4n) is 1.61. The highest BCUT2D eigenvalue weighted by molar-refractivity contribution is 6.39. The molecule has 2 aromatic heterocycles. The van der Waals surface area contributed by atoms with Crippen LogP contribution < -0.4 is 5.32 Å². The highest BCUT2D eigenvalue weighted by atomic mass is 35.5. The molecule has 0 saturated carbocycles. The summed E-state index contributed by atoms with van der Waals surface area (Å²) in [5.74, 6) is -0.732. The molecule has 21 heavy (non-hydrogen) atoms. The number of amides is 2. The number of likely N-dealkylation sites (N-methyl/N-ethyl adjacent to an activating group) is 1. The van der Waals surface area contributed by atoms with Gasteiger partial charge in [0.2, 0.25) is 0 Å². The van der Waals surface area contributed by atoms with Crippen LogP contribution in [0.5, 0.6) is 0 Å². The van der Waals surface area contributed by atoms with E-state index >= 15 is 0 Å². The van der Waals surface area contributed by atoms with E-state index in [0.29, 0.717) is 10.9 Å². The number of aromatic nitrogens is 2. The number of rotatable bonds is 3. The van der Waals surface area contributed by atoms with Crippen molar-refractivity contribution in [1.82, 2.24) is 15.0 Å². The summed E-state index contributed by atoms with van der Waals surface area (Å²) in [6.07, 6.45) is 1.55. The molecule has 2 amide bonds. The molecule has 0 aliphatic carbocycles. The number of hydrogen-bond donors (Lipinski definition) is 1. The average Bonchev–Trinajstić information content (AvgIpc) is 2.85. The maximum atomic E-state index is 11.9. The lowest BCUT2D eigenvalue weighted by Crippen LogP contribution is -2.36. The van der Waals surface area contributed by atoms with Crippen molar-refractivity contribution >= 4 is 29.2 Å². The Morgan fingerprint density at radius 3 is 2.76 bits per heavy atom. The lowest BCUT2D eigenvalue weighted by molar-refractivity contribution is -0.142. The van der Waals surface area contributed by atoms with Crippen molar-refractivity contribution in [3.8, 4) is 0 Å². The number of aryl methyl sites for hydroxylation is 1. The van der Waals surface area contributed by atoms with Gasteiger partial charge in [0.1, 0.15) is 10.9 Å². The fraction of sp³-hybridized carbons (Fsp3) is 0.231. The van der Waals surface area contributed by atoms with Crippen LogP contribution in [-0.2, 0) is 16.1 Å². The van der Waals surface area contributed by atoms with E-state index in [4.69, 9.17) is 16.1 Å². The van der Waals surface area contributed by atoms with Crippen molar-refractivity contribution in [2.24, 2.45) is 0 Å². The minimum Gasteiger partial charge on any atom is -0.360 e. The topological polar surface area (TPSA) is 88.3 Å². The number of nitrogens with one attached hydrogen (secondary N) is 1. The van der Waals surface area contributed by atoms with E-state index in [1.165, 1.54) is 18.0 Å². The van der Waals surface area contributed by atoms with E-state index in [-0.39, 0.29) is 12.4 Å². The van der Waals surface area contributed by atoms with Crippen molar-refractivity contribution in [2.45, 2.75) is 13.5 Å². The van der Waals surface area contributed by atoms with Crippen molar-refractivity contribution < 1.29 is 14.1 Å². The molecule has 0 spiro atoms. The summed E-state index contributed by atoms with van der Waals surface area (Å²) in [6.45, 7) is 1.93. The quantitative estimate of drug-likeness (QED) is 0.687. The third-order valence-corrected chi connectivity index (χ3v) is 2.84. The molecule has 0 bridgehead atoms. The molecule has 0 aromatic carbocycles. The largest absolute Gasteiger partial charge is 0.360 e. The predicted octanol–water partition coefficient (Wildman–Crippen LogP) is 1.63. The second-order valence-corrected chi connectivity index (χ2v) is 4.81. The zero-order chi connectivity index (χ0) is 15.4. The Morgan fingerprint density at radius 1 is 1.43 bits per heavy atom. The van der Waals surface area contributed by atoms with Crippen LogP contribution in [0, 0.1) is 6.92 Å². The lowest BCUT2D eigenvalue weighted by atomic mass is 10.2. The van der Waals surface area contributed by atoms with E-state index in [0.717, 1.165) is 5.56 Å². The van der Waals surface area contributed by atoms with Gasteiger partial charge < -0.3 is 9.42 Å². The molecule has 0 saturated heterocycles. The van der Waals surface area contributed by atoms with E-state index < -0.39 is 11.8 Å². The molecule has 0 radical (unpaired) electrons. The van der Waals surface area contributed by atoms with E-state index in [2.05, 4.69) is 15.5 Å². The van der Waals surface area contributed by atoms with Crippen molar-refractivity contribution in [3.05, 3.63) is 40.9 Å². The second kappa shape index (κ2) is 6.36. The Kier molecular flexibility index (Phi) is 4.54. The molecule has 8 heteroatoms. The Hall–Kier alpha value is -2.41. The summed E-state index contributed by atoms with van der Waals surface area (Å²) in [7, 11) is 1.52. The first-order chi connectivity index (χ1) is 9.95. The Bertz CT molecular complexity index is 654. The van der Waals surface area contributed by atoms with Gasteiger partial charge in [-0.3, -0.25) is 14.9 Å². The smallest absolute Gasteiger partial charge is 0.315 e. The Labute approximate surface area is 125 Å². The standard InChI is InChI=1S/C13H13ClN4O3/c1-8-5-11(17-21-8)16-12(19)13(20)18(2)7-9-3-4-10(14)15-6-9/h3-6H,7H2,1-2H3,(H,16,17,19). The van der Waals surface area contributed by atoms with Crippen LogP contribution in [0.2, 0.25) is 5.15 Å². The molecule has 2 rings (SSSR count). The summed E-state index contributed by atoms with van der Waals surface area (Å²) in [4.78, 5) is 28.9. The molecule has 0 fully saturated rings. The van der Waals surface area contributed by atoms with Gasteiger partial charge in [0.25, 0.3) is 0 Å². The number of carbonyl (C=O) groups is 2. The number of carbonyl (C=O) groups excluding carboxylic acids is 2. The molecule has 110 valence electrons. The van der Waals surface area contributed by atoms with Crippen LogP contribution in [0.1, 0.15) is 11.3 Å². The van der Waals surface area contributed by atoms with Gasteiger partial charge >= 0.3 is 11.8 Å². The fourth-order valence-corrected chi connectivity index (χ4v) is 1.73. The summed E-state index contributed by atoms with van der Waals surface area (Å²) in [6, 6.07) is 4.87. The van der Waals surface area contributed by atoms with Crippen LogP contribution in [-0.4, -0.2) is 33.9 Å². The van der Waals surface area contributed by atoms with E-state index in [1.807, 2.05) is 0 Å². The number of hydrogen-bond acceptors (Lipinski definition) is 5. The van der Waals surface area contributed by atoms with Crippen LogP contribution in [0.15, 0.2) is 28.9 Å². The lowest BCUT2D eigenvalue weighted by Gasteiger charge is -2.15. The maximum absolute atomic E-state index is 11.9. The Balaban J connectivity index is 1.95. The highest BCUT2D eigenvalue weighted by Gasteiger charge is 2.20. The van der Waals surface area contributed by atoms with Gasteiger partial charge in [0.15, 0.2) is 5.82 Å². The molecule has 1 N–H and O–H groups in total. The maximum Gasteiger partial charge on any atom is 0.315 e. The first-order valence-electron chi connectivity index (χ1n) is 6.06. The monoisotopic (exact) mass is 308 g/mol. The zero-order valence-corrected chi connectivity index (χ0v) is 12.2. The minimum atomic E-state index is -0.785. The van der Waals surface area contributed by atoms with Gasteiger partial charge in [0, 0.05) is 25.9 Å². The van der Waals surface area contributed by atoms with Gasteiger partial charge in [-0.25, -0.2) is 4.98 Å².